The molecule has 1 aromatic heterocycles. The number of nitrogens with zero attached hydrogens (tertiary/aromatic N) is 1. The molecule has 0 aliphatic carbocycles. The van der Waals surface area contributed by atoms with Crippen LogP contribution in [0.2, 0.25) is 0 Å². The van der Waals surface area contributed by atoms with Gasteiger partial charge in [-0.2, -0.15) is 0 Å². The summed E-state index contributed by atoms with van der Waals surface area (Å²) in [4.78, 5) is 27.4. The third-order valence-corrected chi connectivity index (χ3v) is 4.92. The fourth-order valence-electron chi connectivity index (χ4n) is 3.50. The molecule has 146 valence electrons. The van der Waals surface area contributed by atoms with E-state index in [1.165, 1.54) is 17.2 Å². The molecule has 6 nitrogen and oxygen atoms in total. The SMILES string of the molecule is COc1ccc(CN2C(=O)C(O)=C(C(=O)c3ccco3)C2c2ccccc2)cc1. The number of hydrogen-bond acceptors (Lipinski definition) is 5. The van der Waals surface area contributed by atoms with Crippen LogP contribution >= 0.6 is 0 Å². The number of aliphatic hydroxyl groups is 1. The highest BCUT2D eigenvalue weighted by molar-refractivity contribution is 6.14. The van der Waals surface area contributed by atoms with Gasteiger partial charge in [0.25, 0.3) is 5.91 Å². The molecule has 0 fully saturated rings. The number of carbonyl (C=O) groups excluding carboxylic acids is 2. The molecular weight excluding hydrogens is 370 g/mol. The molecule has 29 heavy (non-hydrogen) atoms. The van der Waals surface area contributed by atoms with E-state index < -0.39 is 23.5 Å². The Morgan fingerprint density at radius 3 is 2.41 bits per heavy atom. The van der Waals surface area contributed by atoms with Crippen molar-refractivity contribution in [2.45, 2.75) is 12.6 Å². The van der Waals surface area contributed by atoms with Crippen LogP contribution in [0.3, 0.4) is 0 Å². The van der Waals surface area contributed by atoms with Gasteiger partial charge in [0.05, 0.1) is 25.0 Å². The van der Waals surface area contributed by atoms with Crippen molar-refractivity contribution in [3.8, 4) is 5.75 Å². The van der Waals surface area contributed by atoms with Gasteiger partial charge in [0, 0.05) is 6.54 Å². The minimum atomic E-state index is -0.719. The van der Waals surface area contributed by atoms with Gasteiger partial charge >= 0.3 is 0 Å². The van der Waals surface area contributed by atoms with Crippen molar-refractivity contribution in [1.82, 2.24) is 4.90 Å². The van der Waals surface area contributed by atoms with Crippen molar-refractivity contribution in [1.29, 1.82) is 0 Å². The lowest BCUT2D eigenvalue weighted by atomic mass is 9.95. The minimum Gasteiger partial charge on any atom is -0.503 e. The quantitative estimate of drug-likeness (QED) is 0.643. The summed E-state index contributed by atoms with van der Waals surface area (Å²) < 4.78 is 10.4. The predicted octanol–water partition coefficient (Wildman–Crippen LogP) is 4.07. The van der Waals surface area contributed by atoms with Crippen LogP contribution in [-0.4, -0.2) is 28.8 Å². The number of rotatable bonds is 6. The van der Waals surface area contributed by atoms with Crippen LogP contribution in [0.5, 0.6) is 5.75 Å². The van der Waals surface area contributed by atoms with Gasteiger partial charge in [-0.15, -0.1) is 0 Å². The summed E-state index contributed by atoms with van der Waals surface area (Å²) in [6, 6.07) is 18.8. The Morgan fingerprint density at radius 2 is 1.79 bits per heavy atom. The normalized spacial score (nSPS) is 16.4. The Hall–Kier alpha value is -3.80. The number of amides is 1. The highest BCUT2D eigenvalue weighted by atomic mass is 16.5. The van der Waals surface area contributed by atoms with Crippen molar-refractivity contribution in [3.63, 3.8) is 0 Å². The maximum Gasteiger partial charge on any atom is 0.290 e. The number of carbonyl (C=O) groups is 2. The van der Waals surface area contributed by atoms with Crippen LogP contribution in [0.4, 0.5) is 0 Å². The largest absolute Gasteiger partial charge is 0.503 e. The van der Waals surface area contributed by atoms with Gasteiger partial charge in [0.2, 0.25) is 5.78 Å². The van der Waals surface area contributed by atoms with E-state index in [1.54, 1.807) is 25.3 Å². The average Bonchev–Trinajstić information content (AvgIpc) is 3.38. The minimum absolute atomic E-state index is 0.0182. The summed E-state index contributed by atoms with van der Waals surface area (Å²) in [6.07, 6.45) is 1.38. The molecule has 1 atom stereocenters. The summed E-state index contributed by atoms with van der Waals surface area (Å²) in [5.41, 5.74) is 1.59. The monoisotopic (exact) mass is 389 g/mol. The van der Waals surface area contributed by atoms with Gasteiger partial charge in [-0.25, -0.2) is 0 Å². The topological polar surface area (TPSA) is 80.0 Å². The fraction of sp³-hybridized carbons (Fsp3) is 0.130. The smallest absolute Gasteiger partial charge is 0.290 e. The summed E-state index contributed by atoms with van der Waals surface area (Å²) in [7, 11) is 1.58. The molecule has 2 aromatic carbocycles. The van der Waals surface area contributed by atoms with E-state index in [2.05, 4.69) is 0 Å². The maximum atomic E-state index is 13.0. The van der Waals surface area contributed by atoms with Crippen LogP contribution in [0.15, 0.2) is 88.7 Å². The van der Waals surface area contributed by atoms with Gasteiger partial charge in [-0.05, 0) is 35.4 Å². The number of ether oxygens (including phenoxy) is 1. The first-order chi connectivity index (χ1) is 14.1. The van der Waals surface area contributed by atoms with E-state index in [4.69, 9.17) is 9.15 Å². The molecule has 2 heterocycles. The van der Waals surface area contributed by atoms with Gasteiger partial charge in [0.1, 0.15) is 5.75 Å². The number of benzene rings is 2. The van der Waals surface area contributed by atoms with Crippen LogP contribution in [0.25, 0.3) is 0 Å². The molecule has 0 radical (unpaired) electrons. The van der Waals surface area contributed by atoms with Crippen molar-refractivity contribution in [2.75, 3.05) is 7.11 Å². The van der Waals surface area contributed by atoms with Crippen LogP contribution in [0.1, 0.15) is 27.7 Å². The molecule has 1 unspecified atom stereocenters. The standard InChI is InChI=1S/C23H19NO5/c1-28-17-11-9-15(10-12-17)14-24-20(16-6-3-2-4-7-16)19(22(26)23(24)27)21(25)18-8-5-13-29-18/h2-13,20,26H,14H2,1H3. The van der Waals surface area contributed by atoms with Gasteiger partial charge < -0.3 is 19.2 Å². The van der Waals surface area contributed by atoms with Crippen LogP contribution < -0.4 is 4.74 Å². The van der Waals surface area contributed by atoms with E-state index in [0.29, 0.717) is 5.75 Å². The lowest BCUT2D eigenvalue weighted by molar-refractivity contribution is -0.130. The highest BCUT2D eigenvalue weighted by Crippen LogP contribution is 2.39. The van der Waals surface area contributed by atoms with E-state index in [-0.39, 0.29) is 17.9 Å². The molecule has 4 rings (SSSR count). The number of methoxy groups -OCH3 is 1. The Labute approximate surface area is 167 Å². The summed E-state index contributed by atoms with van der Waals surface area (Å²) in [6.45, 7) is 0.224. The zero-order valence-electron chi connectivity index (χ0n) is 15.7. The zero-order chi connectivity index (χ0) is 20.4. The number of furan rings is 1. The Morgan fingerprint density at radius 1 is 1.07 bits per heavy atom. The Kier molecular flexibility index (Phi) is 4.91. The third-order valence-electron chi connectivity index (χ3n) is 4.92. The fourth-order valence-corrected chi connectivity index (χ4v) is 3.50. The number of ketones is 1. The van der Waals surface area contributed by atoms with E-state index in [1.807, 2.05) is 42.5 Å². The van der Waals surface area contributed by atoms with Crippen molar-refractivity contribution >= 4 is 11.7 Å². The van der Waals surface area contributed by atoms with Crippen molar-refractivity contribution in [2.24, 2.45) is 0 Å². The molecule has 6 heteroatoms. The van der Waals surface area contributed by atoms with Crippen molar-refractivity contribution < 1.29 is 23.8 Å². The Bertz CT molecular complexity index is 1050. The predicted molar refractivity (Wildman–Crippen MR) is 105 cm³/mol. The summed E-state index contributed by atoms with van der Waals surface area (Å²) in [5.74, 6) is -0.868. The molecule has 0 saturated carbocycles. The molecular formula is C23H19NO5. The first-order valence-electron chi connectivity index (χ1n) is 9.10. The van der Waals surface area contributed by atoms with E-state index in [9.17, 15) is 14.7 Å². The highest BCUT2D eigenvalue weighted by Gasteiger charge is 2.44. The lowest BCUT2D eigenvalue weighted by Gasteiger charge is -2.26. The maximum absolute atomic E-state index is 13.0. The first kappa shape index (κ1) is 18.6. The average molecular weight is 389 g/mol. The van der Waals surface area contributed by atoms with E-state index in [0.717, 1.165) is 11.1 Å². The second-order valence-corrected chi connectivity index (χ2v) is 6.66. The van der Waals surface area contributed by atoms with Gasteiger partial charge in [0.15, 0.2) is 11.5 Å². The van der Waals surface area contributed by atoms with Gasteiger partial charge in [-0.1, -0.05) is 42.5 Å². The first-order valence-corrected chi connectivity index (χ1v) is 9.10. The second-order valence-electron chi connectivity index (χ2n) is 6.66. The number of hydrogen-bond donors (Lipinski definition) is 1. The molecule has 1 aliphatic heterocycles. The van der Waals surface area contributed by atoms with Crippen LogP contribution in [-0.2, 0) is 11.3 Å². The summed E-state index contributed by atoms with van der Waals surface area (Å²) in [5, 5.41) is 10.6. The molecule has 0 bridgehead atoms. The zero-order valence-corrected chi connectivity index (χ0v) is 15.7. The second kappa shape index (κ2) is 7.67. The molecule has 0 spiro atoms. The third kappa shape index (κ3) is 3.40. The molecule has 1 aliphatic rings. The van der Waals surface area contributed by atoms with E-state index >= 15 is 0 Å². The molecule has 3 aromatic rings. The molecule has 0 saturated heterocycles. The molecule has 1 amide bonds. The lowest BCUT2D eigenvalue weighted by Crippen LogP contribution is -2.30. The van der Waals surface area contributed by atoms with Crippen molar-refractivity contribution in [3.05, 3.63) is 101 Å². The number of Topliss-reactive ketones (excluding diaryl/α,β-unsaturated/α-hetero) is 1. The molecule has 1 N–H and O–H groups in total. The van der Waals surface area contributed by atoms with Gasteiger partial charge in [-0.3, -0.25) is 9.59 Å². The number of aliphatic hydroxyl groups excluding tert-OH is 1. The Balaban J connectivity index is 1.74. The summed E-state index contributed by atoms with van der Waals surface area (Å²) >= 11 is 0. The van der Waals surface area contributed by atoms with Crippen LogP contribution in [0, 0.1) is 0 Å².